The number of furan rings is 1. The molecule has 0 aliphatic rings. The first-order valence-electron chi connectivity index (χ1n) is 16.4. The monoisotopic (exact) mass is 625 g/mol. The van der Waals surface area contributed by atoms with Crippen LogP contribution in [0.15, 0.2) is 168 Å². The van der Waals surface area contributed by atoms with Crippen molar-refractivity contribution in [1.29, 1.82) is 0 Å². The Bertz CT molecular complexity index is 2880. The van der Waals surface area contributed by atoms with Crippen LogP contribution in [-0.2, 0) is 0 Å². The van der Waals surface area contributed by atoms with E-state index in [1.807, 2.05) is 48.5 Å². The predicted molar refractivity (Wildman–Crippen MR) is 201 cm³/mol. The lowest BCUT2D eigenvalue weighted by atomic mass is 9.95. The fourth-order valence-electron chi connectivity index (χ4n) is 7.14. The van der Waals surface area contributed by atoms with Crippen molar-refractivity contribution in [2.45, 2.75) is 0 Å². The van der Waals surface area contributed by atoms with Crippen LogP contribution in [0.2, 0.25) is 0 Å². The summed E-state index contributed by atoms with van der Waals surface area (Å²) in [5.74, 6) is 1.85. The first kappa shape index (κ1) is 27.5. The van der Waals surface area contributed by atoms with E-state index < -0.39 is 0 Å². The van der Waals surface area contributed by atoms with Crippen molar-refractivity contribution in [1.82, 2.24) is 15.0 Å². The van der Waals surface area contributed by atoms with Gasteiger partial charge in [0.25, 0.3) is 0 Å². The van der Waals surface area contributed by atoms with Crippen LogP contribution in [0.4, 0.5) is 0 Å². The van der Waals surface area contributed by atoms with E-state index in [-0.39, 0.29) is 0 Å². The average Bonchev–Trinajstić information content (AvgIpc) is 3.56. The molecule has 0 aliphatic carbocycles. The maximum atomic E-state index is 6.38. The lowest BCUT2D eigenvalue weighted by Crippen LogP contribution is -2.00. The average molecular weight is 626 g/mol. The second-order valence-corrected chi connectivity index (χ2v) is 12.4. The summed E-state index contributed by atoms with van der Waals surface area (Å²) in [4.78, 5) is 15.3. The quantitative estimate of drug-likeness (QED) is 0.183. The van der Waals surface area contributed by atoms with Gasteiger partial charge in [-0.05, 0) is 67.7 Å². The Balaban J connectivity index is 1.19. The van der Waals surface area contributed by atoms with Gasteiger partial charge in [0.05, 0.1) is 0 Å². The molecule has 0 fully saturated rings. The van der Waals surface area contributed by atoms with E-state index in [4.69, 9.17) is 19.4 Å². The van der Waals surface area contributed by atoms with Gasteiger partial charge in [-0.3, -0.25) is 0 Å². The molecule has 0 bridgehead atoms. The first-order valence-corrected chi connectivity index (χ1v) is 16.4. The Kier molecular flexibility index (Phi) is 6.15. The largest absolute Gasteiger partial charge is 0.456 e. The highest BCUT2D eigenvalue weighted by molar-refractivity contribution is 6.20. The van der Waals surface area contributed by atoms with E-state index >= 15 is 0 Å². The minimum atomic E-state index is 0.604. The molecule has 49 heavy (non-hydrogen) atoms. The minimum absolute atomic E-state index is 0.604. The molecule has 0 radical (unpaired) electrons. The number of aromatic nitrogens is 3. The SMILES string of the molecule is c1ccc(-c2ccc3oc4cccc(-c5nc(-c6ccccc6)nc(-c6ccc7c(ccc8ccc9ccccc9c87)c6)n5)c4c3c2)cc1. The second kappa shape index (κ2) is 11.0. The molecule has 0 spiro atoms. The predicted octanol–water partition coefficient (Wildman–Crippen LogP) is 11.9. The molecular formula is C45H27N3O. The number of rotatable bonds is 4. The lowest BCUT2D eigenvalue weighted by Gasteiger charge is -2.11. The van der Waals surface area contributed by atoms with Gasteiger partial charge in [-0.1, -0.05) is 140 Å². The maximum absolute atomic E-state index is 6.38. The van der Waals surface area contributed by atoms with Gasteiger partial charge in [0.2, 0.25) is 0 Å². The lowest BCUT2D eigenvalue weighted by molar-refractivity contribution is 0.669. The highest BCUT2D eigenvalue weighted by atomic mass is 16.3. The molecule has 0 amide bonds. The van der Waals surface area contributed by atoms with Crippen molar-refractivity contribution in [2.75, 3.05) is 0 Å². The molecule has 2 heterocycles. The van der Waals surface area contributed by atoms with Gasteiger partial charge in [0.1, 0.15) is 11.2 Å². The number of hydrogen-bond donors (Lipinski definition) is 0. The molecule has 4 heteroatoms. The van der Waals surface area contributed by atoms with Crippen LogP contribution in [0.3, 0.4) is 0 Å². The Labute approximate surface area is 282 Å². The van der Waals surface area contributed by atoms with E-state index in [0.29, 0.717) is 17.5 Å². The van der Waals surface area contributed by atoms with Gasteiger partial charge in [-0.15, -0.1) is 0 Å². The normalized spacial score (nSPS) is 11.7. The third-order valence-electron chi connectivity index (χ3n) is 9.49. The van der Waals surface area contributed by atoms with Crippen LogP contribution in [-0.4, -0.2) is 15.0 Å². The maximum Gasteiger partial charge on any atom is 0.164 e. The van der Waals surface area contributed by atoms with Crippen LogP contribution in [0.5, 0.6) is 0 Å². The van der Waals surface area contributed by atoms with Crippen LogP contribution < -0.4 is 0 Å². The molecular weight excluding hydrogens is 599 g/mol. The topological polar surface area (TPSA) is 51.8 Å². The zero-order valence-corrected chi connectivity index (χ0v) is 26.3. The number of hydrogen-bond acceptors (Lipinski definition) is 4. The molecule has 10 rings (SSSR count). The Hall–Kier alpha value is -6.65. The number of fused-ring (bicyclic) bond motifs is 8. The standard InChI is InChI=1S/C45H27N3O/c1-3-10-28(11-4-1)32-23-25-39-38(27-32)42-37(16-9-17-40(42)49-39)45-47-43(31-13-5-2-6-14-31)46-44(48-45)34-22-24-36-33(26-34)21-20-30-19-18-29-12-7-8-15-35(29)41(30)36/h1-27H. The fraction of sp³-hybridized carbons (Fsp3) is 0. The summed E-state index contributed by atoms with van der Waals surface area (Å²) < 4.78 is 6.38. The summed E-state index contributed by atoms with van der Waals surface area (Å²) >= 11 is 0. The summed E-state index contributed by atoms with van der Waals surface area (Å²) in [6.07, 6.45) is 0. The van der Waals surface area contributed by atoms with Crippen molar-refractivity contribution in [3.8, 4) is 45.3 Å². The summed E-state index contributed by atoms with van der Waals surface area (Å²) in [6.45, 7) is 0. The third kappa shape index (κ3) is 4.57. The van der Waals surface area contributed by atoms with Crippen molar-refractivity contribution in [3.63, 3.8) is 0 Å². The second-order valence-electron chi connectivity index (χ2n) is 12.4. The van der Waals surface area contributed by atoms with Gasteiger partial charge in [0.15, 0.2) is 17.5 Å². The smallest absolute Gasteiger partial charge is 0.164 e. The summed E-state index contributed by atoms with van der Waals surface area (Å²) in [5.41, 5.74) is 6.68. The van der Waals surface area contributed by atoms with Crippen molar-refractivity contribution < 1.29 is 4.42 Å². The molecule has 0 atom stereocenters. The molecule has 10 aromatic rings. The number of benzene rings is 8. The van der Waals surface area contributed by atoms with Crippen LogP contribution in [0.1, 0.15) is 0 Å². The van der Waals surface area contributed by atoms with E-state index in [9.17, 15) is 0 Å². The fourth-order valence-corrected chi connectivity index (χ4v) is 7.14. The van der Waals surface area contributed by atoms with Gasteiger partial charge in [-0.25, -0.2) is 15.0 Å². The van der Waals surface area contributed by atoms with Crippen molar-refractivity contribution in [2.24, 2.45) is 0 Å². The van der Waals surface area contributed by atoms with Crippen molar-refractivity contribution >= 4 is 54.3 Å². The molecule has 0 saturated carbocycles. The Morgan fingerprint density at radius 3 is 1.82 bits per heavy atom. The van der Waals surface area contributed by atoms with Gasteiger partial charge >= 0.3 is 0 Å². The van der Waals surface area contributed by atoms with Gasteiger partial charge in [0, 0.05) is 27.5 Å². The molecule has 228 valence electrons. The zero-order valence-electron chi connectivity index (χ0n) is 26.3. The van der Waals surface area contributed by atoms with Crippen LogP contribution >= 0.6 is 0 Å². The molecule has 2 aromatic heterocycles. The van der Waals surface area contributed by atoms with E-state index in [1.165, 1.54) is 26.9 Å². The molecule has 0 aliphatic heterocycles. The molecule has 8 aromatic carbocycles. The zero-order chi connectivity index (χ0) is 32.3. The van der Waals surface area contributed by atoms with E-state index in [1.54, 1.807) is 0 Å². The van der Waals surface area contributed by atoms with Gasteiger partial charge < -0.3 is 4.42 Å². The van der Waals surface area contributed by atoms with Crippen LogP contribution in [0.25, 0.3) is 99.5 Å². The molecule has 0 saturated heterocycles. The first-order chi connectivity index (χ1) is 24.3. The van der Waals surface area contributed by atoms with Crippen molar-refractivity contribution in [3.05, 3.63) is 164 Å². The molecule has 0 N–H and O–H groups in total. The minimum Gasteiger partial charge on any atom is -0.456 e. The summed E-state index contributed by atoms with van der Waals surface area (Å²) in [7, 11) is 0. The molecule has 0 unspecified atom stereocenters. The van der Waals surface area contributed by atoms with E-state index in [0.717, 1.165) is 55.1 Å². The van der Waals surface area contributed by atoms with Crippen LogP contribution in [0, 0.1) is 0 Å². The molecule has 4 nitrogen and oxygen atoms in total. The highest BCUT2D eigenvalue weighted by Crippen LogP contribution is 2.39. The Morgan fingerprint density at radius 2 is 0.980 bits per heavy atom. The number of nitrogens with zero attached hydrogens (tertiary/aromatic N) is 3. The van der Waals surface area contributed by atoms with E-state index in [2.05, 4.69) is 115 Å². The third-order valence-corrected chi connectivity index (χ3v) is 9.49. The summed E-state index contributed by atoms with van der Waals surface area (Å²) in [6, 6.07) is 56.9. The summed E-state index contributed by atoms with van der Waals surface area (Å²) in [5, 5.41) is 9.34. The van der Waals surface area contributed by atoms with Gasteiger partial charge in [-0.2, -0.15) is 0 Å². The Morgan fingerprint density at radius 1 is 0.327 bits per heavy atom. The highest BCUT2D eigenvalue weighted by Gasteiger charge is 2.19.